The summed E-state index contributed by atoms with van der Waals surface area (Å²) in [5.41, 5.74) is 5.70. The normalized spacial score (nSPS) is 11.6. The van der Waals surface area contributed by atoms with Crippen molar-refractivity contribution < 1.29 is 0 Å². The second-order valence-corrected chi connectivity index (χ2v) is 9.03. The van der Waals surface area contributed by atoms with Gasteiger partial charge in [-0.2, -0.15) is 0 Å². The van der Waals surface area contributed by atoms with Crippen LogP contribution in [0.25, 0.3) is 0 Å². The fourth-order valence-corrected chi connectivity index (χ4v) is 3.91. The molecule has 0 aromatic rings. The maximum absolute atomic E-state index is 7.75. The quantitative estimate of drug-likeness (QED) is 0.101. The van der Waals surface area contributed by atoms with Crippen LogP contribution in [0.4, 0.5) is 0 Å². The van der Waals surface area contributed by atoms with Crippen LogP contribution in [0.1, 0.15) is 136 Å². The van der Waals surface area contributed by atoms with Crippen molar-refractivity contribution in [3.05, 3.63) is 0 Å². The highest BCUT2D eigenvalue weighted by Gasteiger charge is 2.12. The van der Waals surface area contributed by atoms with E-state index in [1.165, 1.54) is 109 Å². The molecule has 0 unspecified atom stereocenters. The van der Waals surface area contributed by atoms with Gasteiger partial charge >= 0.3 is 0 Å². The zero-order chi connectivity index (χ0) is 23.0. The first-order chi connectivity index (χ1) is 15.2. The van der Waals surface area contributed by atoms with Crippen LogP contribution < -0.4 is 11.1 Å². The summed E-state index contributed by atoms with van der Waals surface area (Å²) in [4.78, 5) is 7.21. The molecule has 5 nitrogen and oxygen atoms in total. The van der Waals surface area contributed by atoms with E-state index in [9.17, 15) is 0 Å². The molecule has 0 bridgehead atoms. The Morgan fingerprint density at radius 3 is 1.45 bits per heavy atom. The molecule has 0 aliphatic heterocycles. The number of unbranched alkanes of at least 4 members (excludes halogenated alkanes) is 15. The van der Waals surface area contributed by atoms with Gasteiger partial charge in [0, 0.05) is 19.6 Å². The highest BCUT2D eigenvalue weighted by molar-refractivity contribution is 5.96. The monoisotopic (exact) mass is 437 g/mol. The minimum Gasteiger partial charge on any atom is -0.370 e. The molecule has 0 spiro atoms. The fraction of sp³-hybridized carbons (Fsp3) is 0.923. The van der Waals surface area contributed by atoms with Gasteiger partial charge in [-0.05, 0) is 19.3 Å². The summed E-state index contributed by atoms with van der Waals surface area (Å²) in [6, 6.07) is 0. The Bertz CT molecular complexity index is 406. The molecule has 0 fully saturated rings. The molecule has 0 aromatic heterocycles. The van der Waals surface area contributed by atoms with Gasteiger partial charge in [-0.15, -0.1) is 0 Å². The molecule has 0 aromatic carbocycles. The Morgan fingerprint density at radius 2 is 1.03 bits per heavy atom. The van der Waals surface area contributed by atoms with E-state index < -0.39 is 0 Å². The zero-order valence-corrected chi connectivity index (χ0v) is 21.3. The van der Waals surface area contributed by atoms with Gasteiger partial charge in [0.25, 0.3) is 0 Å². The van der Waals surface area contributed by atoms with Crippen LogP contribution in [0.3, 0.4) is 0 Å². The molecule has 0 rings (SSSR count). The first-order valence-electron chi connectivity index (χ1n) is 13.6. The van der Waals surface area contributed by atoms with Crippen molar-refractivity contribution in [2.24, 2.45) is 10.7 Å². The van der Waals surface area contributed by atoms with Gasteiger partial charge in [0.15, 0.2) is 5.96 Å². The van der Waals surface area contributed by atoms with Crippen LogP contribution in [0.5, 0.6) is 0 Å². The van der Waals surface area contributed by atoms with Crippen molar-refractivity contribution in [2.45, 2.75) is 136 Å². The van der Waals surface area contributed by atoms with Crippen molar-refractivity contribution in [3.63, 3.8) is 0 Å². The number of aliphatic imine (C=N–C) groups is 1. The third-order valence-corrected chi connectivity index (χ3v) is 5.88. The largest absolute Gasteiger partial charge is 0.370 e. The Labute approximate surface area is 194 Å². The van der Waals surface area contributed by atoms with Crippen LogP contribution in [-0.2, 0) is 0 Å². The van der Waals surface area contributed by atoms with E-state index in [2.05, 4.69) is 31.0 Å². The second kappa shape index (κ2) is 23.4. The highest BCUT2D eigenvalue weighted by atomic mass is 15.3. The number of nitrogens with zero attached hydrogens (tertiary/aromatic N) is 2. The first-order valence-corrected chi connectivity index (χ1v) is 13.6. The molecule has 0 aliphatic carbocycles. The van der Waals surface area contributed by atoms with Crippen LogP contribution in [-0.4, -0.2) is 36.5 Å². The number of nitrogens with one attached hydrogen (secondary N) is 2. The van der Waals surface area contributed by atoms with Gasteiger partial charge in [-0.25, -0.2) is 0 Å². The number of hydrogen-bond donors (Lipinski definition) is 3. The number of hydrogen-bond acceptors (Lipinski definition) is 2. The van der Waals surface area contributed by atoms with E-state index >= 15 is 0 Å². The molecule has 31 heavy (non-hydrogen) atoms. The van der Waals surface area contributed by atoms with Crippen molar-refractivity contribution in [2.75, 3.05) is 19.6 Å². The van der Waals surface area contributed by atoms with Gasteiger partial charge in [0.1, 0.15) is 0 Å². The summed E-state index contributed by atoms with van der Waals surface area (Å²) in [6.45, 7) is 9.63. The van der Waals surface area contributed by atoms with Crippen molar-refractivity contribution >= 4 is 11.9 Å². The predicted molar refractivity (Wildman–Crippen MR) is 139 cm³/mol. The van der Waals surface area contributed by atoms with Gasteiger partial charge in [0.2, 0.25) is 5.96 Å². The Morgan fingerprint density at radius 1 is 0.645 bits per heavy atom. The van der Waals surface area contributed by atoms with Crippen molar-refractivity contribution in [1.29, 1.82) is 5.41 Å². The molecule has 0 amide bonds. The molecule has 0 radical (unpaired) electrons. The zero-order valence-electron chi connectivity index (χ0n) is 21.3. The lowest BCUT2D eigenvalue weighted by Crippen LogP contribution is -2.47. The average Bonchev–Trinajstić information content (AvgIpc) is 2.75. The summed E-state index contributed by atoms with van der Waals surface area (Å²) in [5.74, 6) is 0.820. The van der Waals surface area contributed by atoms with Gasteiger partial charge in [0.05, 0.1) is 0 Å². The molecule has 0 aliphatic rings. The Balaban J connectivity index is 4.65. The van der Waals surface area contributed by atoms with Gasteiger partial charge in [-0.1, -0.05) is 117 Å². The number of guanidine groups is 2. The fourth-order valence-electron chi connectivity index (χ4n) is 3.91. The number of rotatable bonds is 21. The summed E-state index contributed by atoms with van der Waals surface area (Å²) in [7, 11) is 0. The molecule has 4 N–H and O–H groups in total. The van der Waals surface area contributed by atoms with Crippen LogP contribution in [0, 0.1) is 5.41 Å². The minimum atomic E-state index is -0.00223. The van der Waals surface area contributed by atoms with E-state index in [1.807, 2.05) is 0 Å². The third kappa shape index (κ3) is 20.4. The summed E-state index contributed by atoms with van der Waals surface area (Å²) < 4.78 is 0. The Hall–Kier alpha value is -1.26. The molecular formula is C26H55N5. The minimum absolute atomic E-state index is 0.00223. The average molecular weight is 438 g/mol. The maximum Gasteiger partial charge on any atom is 0.200 e. The Kier molecular flexibility index (Phi) is 22.5. The van der Waals surface area contributed by atoms with Gasteiger partial charge < -0.3 is 10.6 Å². The topological polar surface area (TPSA) is 77.5 Å². The first kappa shape index (κ1) is 29.7. The maximum atomic E-state index is 7.75. The second-order valence-electron chi connectivity index (χ2n) is 9.03. The highest BCUT2D eigenvalue weighted by Crippen LogP contribution is 2.10. The SMILES string of the molecule is CCCCCCCCN=C(NC(=N)N)N(CCCCCCCC)CCCCCCCC. The molecule has 5 heteroatoms. The third-order valence-electron chi connectivity index (χ3n) is 5.88. The summed E-state index contributed by atoms with van der Waals surface area (Å²) in [5, 5.41) is 10.8. The summed E-state index contributed by atoms with van der Waals surface area (Å²) in [6.07, 6.45) is 23.2. The predicted octanol–water partition coefficient (Wildman–Crippen LogP) is 7.21. The van der Waals surface area contributed by atoms with Crippen LogP contribution in [0.2, 0.25) is 0 Å². The smallest absolute Gasteiger partial charge is 0.200 e. The molecular weight excluding hydrogens is 382 g/mol. The summed E-state index contributed by atoms with van der Waals surface area (Å²) >= 11 is 0. The molecule has 0 atom stereocenters. The van der Waals surface area contributed by atoms with E-state index in [0.717, 1.165) is 32.0 Å². The lowest BCUT2D eigenvalue weighted by atomic mass is 10.1. The lowest BCUT2D eigenvalue weighted by molar-refractivity contribution is 0.375. The standard InChI is InChI=1S/C26H55N5/c1-4-7-10-13-16-19-22-29-26(30-25(27)28)31(23-20-17-14-11-8-5-2)24-21-18-15-12-9-6-3/h4-24H2,1-3H3,(H4,27,28,29,30). The lowest BCUT2D eigenvalue weighted by Gasteiger charge is -2.27. The van der Waals surface area contributed by atoms with E-state index in [0.29, 0.717) is 0 Å². The van der Waals surface area contributed by atoms with Crippen LogP contribution in [0.15, 0.2) is 4.99 Å². The number of nitrogens with two attached hydrogens (primary N) is 1. The van der Waals surface area contributed by atoms with Crippen molar-refractivity contribution in [3.8, 4) is 0 Å². The van der Waals surface area contributed by atoms with Gasteiger partial charge in [-0.3, -0.25) is 15.7 Å². The van der Waals surface area contributed by atoms with Crippen molar-refractivity contribution in [1.82, 2.24) is 10.2 Å². The molecule has 0 saturated heterocycles. The van der Waals surface area contributed by atoms with Crippen LogP contribution >= 0.6 is 0 Å². The van der Waals surface area contributed by atoms with E-state index in [-0.39, 0.29) is 5.96 Å². The molecule has 184 valence electrons. The van der Waals surface area contributed by atoms with E-state index in [1.54, 1.807) is 0 Å². The van der Waals surface area contributed by atoms with E-state index in [4.69, 9.17) is 16.1 Å². The molecule has 0 saturated carbocycles. The molecule has 0 heterocycles.